The second kappa shape index (κ2) is 50.0. The number of rotatable bonds is 49. The highest BCUT2D eigenvalue weighted by molar-refractivity contribution is 5.76. The summed E-state index contributed by atoms with van der Waals surface area (Å²) >= 11 is 0. The fourth-order valence-electron chi connectivity index (χ4n) is 9.15. The average molecular weight is 1070 g/mol. The van der Waals surface area contributed by atoms with Crippen LogP contribution in [0.2, 0.25) is 0 Å². The van der Waals surface area contributed by atoms with Gasteiger partial charge >= 0.3 is 5.97 Å². The summed E-state index contributed by atoms with van der Waals surface area (Å²) in [6.07, 6.45) is 35.2. The molecule has 11 nitrogen and oxygen atoms in total. The van der Waals surface area contributed by atoms with E-state index >= 15 is 0 Å². The molecule has 3 N–H and O–H groups in total. The molecule has 0 saturated carbocycles. The monoisotopic (exact) mass is 1070 g/mol. The van der Waals surface area contributed by atoms with Gasteiger partial charge in [0.15, 0.2) is 0 Å². The molecule has 436 valence electrons. The maximum absolute atomic E-state index is 13.1. The normalized spacial score (nSPS) is 12.3. The third-order valence-electron chi connectivity index (χ3n) is 13.9. The number of amides is 2. The molecule has 11 heteroatoms. The number of nitrogens with one attached hydrogen (secondary N) is 2. The summed E-state index contributed by atoms with van der Waals surface area (Å²) in [5.74, 6) is 0.473. The van der Waals surface area contributed by atoms with Crippen LogP contribution >= 0.6 is 0 Å². The Kier molecular flexibility index (Phi) is 44.7. The first-order chi connectivity index (χ1) is 37.8. The molecule has 77 heavy (non-hydrogen) atoms. The average Bonchev–Trinajstić information content (AvgIpc) is 3.45. The molecule has 0 unspecified atom stereocenters. The van der Waals surface area contributed by atoms with Crippen molar-refractivity contribution in [3.05, 3.63) is 102 Å². The molecule has 0 spiro atoms. The number of hydrogen-bond acceptors (Lipinski definition) is 9. The fraction of sp³-hybridized carbons (Fsp3) is 0.682. The second-order valence-corrected chi connectivity index (χ2v) is 21.2. The van der Waals surface area contributed by atoms with Crippen molar-refractivity contribution in [1.82, 2.24) is 10.6 Å². The van der Waals surface area contributed by atoms with Gasteiger partial charge in [0.05, 0.1) is 71.4 Å². The molecular formula is C66H108N2O9. The van der Waals surface area contributed by atoms with Crippen molar-refractivity contribution in [3.8, 4) is 5.75 Å². The van der Waals surface area contributed by atoms with E-state index < -0.39 is 6.04 Å². The number of aliphatic hydroxyl groups excluding tert-OH is 1. The Morgan fingerprint density at radius 3 is 1.27 bits per heavy atom. The van der Waals surface area contributed by atoms with Gasteiger partial charge in [0.2, 0.25) is 11.8 Å². The van der Waals surface area contributed by atoms with Crippen molar-refractivity contribution >= 4 is 17.8 Å². The second-order valence-electron chi connectivity index (χ2n) is 21.2. The maximum Gasteiger partial charge on any atom is 0.308 e. The molecule has 0 heterocycles. The Labute approximate surface area is 468 Å². The lowest BCUT2D eigenvalue weighted by molar-refractivity contribution is -0.149. The van der Waals surface area contributed by atoms with E-state index in [0.29, 0.717) is 39.3 Å². The number of benzene rings is 3. The van der Waals surface area contributed by atoms with Gasteiger partial charge in [-0.3, -0.25) is 14.4 Å². The van der Waals surface area contributed by atoms with Crippen LogP contribution in [0.25, 0.3) is 0 Å². The molecule has 0 aliphatic rings. The quantitative estimate of drug-likeness (QED) is 0.0372. The SMILES string of the molecule is CCCCCCCCCCCCCC(=O)N[C@@H](CO)COCc1ccccc1.CCCCCCCCCCCCCC(=O)N[C@H](COCc1ccccc1)COC(=O)C[C@@H](CCCCCCC)OCc1ccc(OC)cc1. The first-order valence-corrected chi connectivity index (χ1v) is 30.6. The van der Waals surface area contributed by atoms with Crippen LogP contribution in [0.1, 0.15) is 237 Å². The van der Waals surface area contributed by atoms with Gasteiger partial charge in [0.1, 0.15) is 12.4 Å². The molecule has 2 amide bonds. The van der Waals surface area contributed by atoms with E-state index in [1.165, 1.54) is 135 Å². The van der Waals surface area contributed by atoms with Crippen molar-refractivity contribution in [2.75, 3.05) is 33.5 Å². The predicted molar refractivity (Wildman–Crippen MR) is 316 cm³/mol. The lowest BCUT2D eigenvalue weighted by Gasteiger charge is -2.21. The van der Waals surface area contributed by atoms with Crippen molar-refractivity contribution < 1.29 is 43.2 Å². The maximum atomic E-state index is 13.1. The Morgan fingerprint density at radius 1 is 0.455 bits per heavy atom. The predicted octanol–water partition coefficient (Wildman–Crippen LogP) is 15.7. The van der Waals surface area contributed by atoms with Crippen LogP contribution < -0.4 is 15.4 Å². The minimum atomic E-state index is -0.416. The number of unbranched alkanes of at least 4 members (excludes halogenated alkanes) is 24. The highest BCUT2D eigenvalue weighted by Crippen LogP contribution is 2.19. The summed E-state index contributed by atoms with van der Waals surface area (Å²) in [6.45, 7) is 8.62. The molecular weight excluding hydrogens is 965 g/mol. The molecule has 0 aliphatic heterocycles. The first kappa shape index (κ1) is 68.8. The molecule has 3 aromatic carbocycles. The van der Waals surface area contributed by atoms with Gasteiger partial charge in [-0.2, -0.15) is 0 Å². The highest BCUT2D eigenvalue weighted by Gasteiger charge is 2.20. The smallest absolute Gasteiger partial charge is 0.308 e. The van der Waals surface area contributed by atoms with Gasteiger partial charge in [-0.05, 0) is 48.1 Å². The number of aliphatic hydroxyl groups is 1. The lowest BCUT2D eigenvalue weighted by Crippen LogP contribution is -2.42. The van der Waals surface area contributed by atoms with Crippen LogP contribution in [-0.2, 0) is 53.2 Å². The van der Waals surface area contributed by atoms with E-state index in [2.05, 4.69) is 31.4 Å². The highest BCUT2D eigenvalue weighted by atomic mass is 16.5. The number of methoxy groups -OCH3 is 1. The molecule has 3 atom stereocenters. The zero-order chi connectivity index (χ0) is 55.5. The standard InChI is InChI=1S/C42H67NO6.C24H41NO3/c1-4-6-8-10-11-12-13-14-15-17-22-26-41(44)43-38(34-47-32-36-23-19-18-20-24-36)35-49-42(45)31-40(25-21-16-9-7-5-2)48-33-37-27-29-39(46-3)30-28-37;1-2-3-4-5-6-7-8-9-10-11-15-18-24(27)25-23(19-26)21-28-20-22-16-13-12-14-17-22/h18-20,23-24,27-30,38,40H,4-17,21-22,25-26,31-35H2,1-3H3,(H,43,44);12-14,16-17,23,26H,2-11,15,18-21H2,1H3,(H,25,27)/t38-,40-;23-/m10/s1. The van der Waals surface area contributed by atoms with Crippen molar-refractivity contribution in [2.24, 2.45) is 0 Å². The largest absolute Gasteiger partial charge is 0.497 e. The Balaban J connectivity index is 0.000000613. The molecule has 0 aromatic heterocycles. The van der Waals surface area contributed by atoms with Crippen molar-refractivity contribution in [1.29, 1.82) is 0 Å². The van der Waals surface area contributed by atoms with Crippen LogP contribution in [0, 0.1) is 0 Å². The molecule has 3 rings (SSSR count). The van der Waals surface area contributed by atoms with Crippen LogP contribution in [0.15, 0.2) is 84.9 Å². The molecule has 0 bridgehead atoms. The zero-order valence-electron chi connectivity index (χ0n) is 48.9. The number of hydrogen-bond donors (Lipinski definition) is 3. The van der Waals surface area contributed by atoms with E-state index in [1.807, 2.05) is 84.9 Å². The summed E-state index contributed by atoms with van der Waals surface area (Å²) in [7, 11) is 1.65. The molecule has 0 fully saturated rings. The van der Waals surface area contributed by atoms with Crippen molar-refractivity contribution in [3.63, 3.8) is 0 Å². The van der Waals surface area contributed by atoms with E-state index in [-0.39, 0.29) is 56.2 Å². The van der Waals surface area contributed by atoms with E-state index in [4.69, 9.17) is 23.7 Å². The third kappa shape index (κ3) is 40.5. The third-order valence-corrected chi connectivity index (χ3v) is 13.9. The van der Waals surface area contributed by atoms with Gasteiger partial charge in [0.25, 0.3) is 0 Å². The van der Waals surface area contributed by atoms with E-state index in [1.54, 1.807) is 7.11 Å². The summed E-state index contributed by atoms with van der Waals surface area (Å²) in [4.78, 5) is 38.0. The number of carbonyl (C=O) groups excluding carboxylic acids is 3. The van der Waals surface area contributed by atoms with Gasteiger partial charge in [0, 0.05) is 12.8 Å². The van der Waals surface area contributed by atoms with E-state index in [0.717, 1.165) is 67.4 Å². The topological polar surface area (TPSA) is 142 Å². The number of esters is 1. The zero-order valence-corrected chi connectivity index (χ0v) is 48.9. The number of ether oxygens (including phenoxy) is 5. The van der Waals surface area contributed by atoms with Crippen LogP contribution in [0.3, 0.4) is 0 Å². The summed E-state index contributed by atoms with van der Waals surface area (Å²) < 4.78 is 28.8. The molecule has 0 saturated heterocycles. The number of carbonyl (C=O) groups is 3. The minimum Gasteiger partial charge on any atom is -0.497 e. The molecule has 3 aromatic rings. The fourth-order valence-corrected chi connectivity index (χ4v) is 9.15. The Bertz CT molecular complexity index is 1800. The first-order valence-electron chi connectivity index (χ1n) is 30.6. The summed E-state index contributed by atoms with van der Waals surface area (Å²) in [5, 5.41) is 15.4. The molecule has 0 radical (unpaired) electrons. The Hall–Kier alpha value is -4.29. The Morgan fingerprint density at radius 2 is 0.844 bits per heavy atom. The molecule has 0 aliphatic carbocycles. The van der Waals surface area contributed by atoms with Crippen LogP contribution in [-0.4, -0.2) is 74.6 Å². The minimum absolute atomic E-state index is 0.0123. The van der Waals surface area contributed by atoms with Gasteiger partial charge < -0.3 is 39.4 Å². The summed E-state index contributed by atoms with van der Waals surface area (Å²) in [6, 6.07) is 26.9. The van der Waals surface area contributed by atoms with Gasteiger partial charge in [-0.1, -0.05) is 254 Å². The van der Waals surface area contributed by atoms with E-state index in [9.17, 15) is 19.5 Å². The van der Waals surface area contributed by atoms with Gasteiger partial charge in [-0.15, -0.1) is 0 Å². The summed E-state index contributed by atoms with van der Waals surface area (Å²) in [5.41, 5.74) is 3.18. The van der Waals surface area contributed by atoms with Gasteiger partial charge in [-0.25, -0.2) is 0 Å². The lowest BCUT2D eigenvalue weighted by atomic mass is 10.1. The van der Waals surface area contributed by atoms with Crippen LogP contribution in [0.4, 0.5) is 0 Å². The van der Waals surface area contributed by atoms with Crippen LogP contribution in [0.5, 0.6) is 5.75 Å². The van der Waals surface area contributed by atoms with Crippen molar-refractivity contribution in [2.45, 2.75) is 258 Å².